The van der Waals surface area contributed by atoms with Crippen LogP contribution in [-0.4, -0.2) is 73.4 Å². The average molecular weight is 690 g/mol. The van der Waals surface area contributed by atoms with Gasteiger partial charge in [-0.05, 0) is 38.5 Å². The maximum Gasteiger partial charge on any atom is 0.472 e. The molecule has 0 aromatic rings. The molecule has 0 aromatic heterocycles. The first-order valence-corrected chi connectivity index (χ1v) is 21.0. The lowest BCUT2D eigenvalue weighted by atomic mass is 10.0. The first-order valence-electron chi connectivity index (χ1n) is 19.6. The van der Waals surface area contributed by atoms with Crippen LogP contribution in [0.3, 0.4) is 0 Å². The molecule has 0 aliphatic carbocycles. The molecule has 3 N–H and O–H groups in total. The summed E-state index contributed by atoms with van der Waals surface area (Å²) in [6.07, 6.45) is 32.5. The quantitative estimate of drug-likeness (QED) is 0.0265. The van der Waals surface area contributed by atoms with Crippen molar-refractivity contribution in [3.8, 4) is 0 Å². The van der Waals surface area contributed by atoms with Crippen LogP contribution in [0.1, 0.15) is 174 Å². The minimum absolute atomic E-state index is 0.0747. The maximum atomic E-state index is 12.8. The van der Waals surface area contributed by atoms with E-state index in [4.69, 9.17) is 9.05 Å². The molecule has 3 unspecified atom stereocenters. The van der Waals surface area contributed by atoms with Crippen LogP contribution in [0.2, 0.25) is 0 Å². The van der Waals surface area contributed by atoms with Crippen molar-refractivity contribution in [2.75, 3.05) is 40.9 Å². The van der Waals surface area contributed by atoms with E-state index in [-0.39, 0.29) is 19.1 Å². The molecule has 1 amide bonds. The fraction of sp³-hybridized carbons (Fsp3) is 0.921. The molecule has 3 atom stereocenters. The number of rotatable bonds is 35. The zero-order chi connectivity index (χ0) is 35.1. The number of quaternary nitrogens is 1. The van der Waals surface area contributed by atoms with Gasteiger partial charge in [-0.2, -0.15) is 0 Å². The van der Waals surface area contributed by atoms with Crippen LogP contribution < -0.4 is 5.32 Å². The summed E-state index contributed by atoms with van der Waals surface area (Å²) in [5.41, 5.74) is 0. The van der Waals surface area contributed by atoms with E-state index < -0.39 is 20.0 Å². The van der Waals surface area contributed by atoms with Crippen LogP contribution >= 0.6 is 7.82 Å². The van der Waals surface area contributed by atoms with Crippen molar-refractivity contribution < 1.29 is 32.9 Å². The Kier molecular flexibility index (Phi) is 30.7. The highest BCUT2D eigenvalue weighted by Crippen LogP contribution is 2.43. The van der Waals surface area contributed by atoms with E-state index >= 15 is 0 Å². The predicted molar refractivity (Wildman–Crippen MR) is 198 cm³/mol. The van der Waals surface area contributed by atoms with Crippen molar-refractivity contribution >= 4 is 13.7 Å². The Morgan fingerprint density at radius 3 is 1.64 bits per heavy atom. The summed E-state index contributed by atoms with van der Waals surface area (Å²) in [5.74, 6) is -0.154. The van der Waals surface area contributed by atoms with E-state index in [2.05, 4.69) is 31.3 Å². The van der Waals surface area contributed by atoms with Gasteiger partial charge in [0.15, 0.2) is 0 Å². The number of nitrogens with one attached hydrogen (secondary N) is 1. The summed E-state index contributed by atoms with van der Waals surface area (Å²) in [5, 5.41) is 13.8. The third-order valence-corrected chi connectivity index (χ3v) is 9.75. The van der Waals surface area contributed by atoms with Crippen molar-refractivity contribution in [3.63, 3.8) is 0 Å². The van der Waals surface area contributed by atoms with Gasteiger partial charge >= 0.3 is 7.82 Å². The van der Waals surface area contributed by atoms with Gasteiger partial charge in [-0.15, -0.1) is 0 Å². The Bertz CT molecular complexity index is 789. The second-order valence-corrected chi connectivity index (χ2v) is 16.1. The number of unbranched alkanes of at least 4 members (excludes halogenated alkanes) is 20. The van der Waals surface area contributed by atoms with Crippen LogP contribution in [0.4, 0.5) is 0 Å². The van der Waals surface area contributed by atoms with E-state index in [0.29, 0.717) is 23.9 Å². The molecule has 8 nitrogen and oxygen atoms in total. The van der Waals surface area contributed by atoms with E-state index in [1.807, 2.05) is 21.1 Å². The predicted octanol–water partition coefficient (Wildman–Crippen LogP) is 10.0. The monoisotopic (exact) mass is 690 g/mol. The van der Waals surface area contributed by atoms with Crippen molar-refractivity contribution in [2.24, 2.45) is 0 Å². The number of phosphoric ester groups is 1. The minimum Gasteiger partial charge on any atom is -0.391 e. The zero-order valence-corrected chi connectivity index (χ0v) is 32.4. The van der Waals surface area contributed by atoms with E-state index in [1.54, 1.807) is 0 Å². The van der Waals surface area contributed by atoms with Gasteiger partial charge in [-0.3, -0.25) is 13.8 Å². The van der Waals surface area contributed by atoms with Gasteiger partial charge in [0.1, 0.15) is 13.2 Å². The fourth-order valence-corrected chi connectivity index (χ4v) is 6.30. The largest absolute Gasteiger partial charge is 0.472 e. The lowest BCUT2D eigenvalue weighted by Gasteiger charge is -2.26. The summed E-state index contributed by atoms with van der Waals surface area (Å²) in [7, 11) is 1.61. The molecule has 0 saturated carbocycles. The second-order valence-electron chi connectivity index (χ2n) is 14.7. The molecule has 0 spiro atoms. The van der Waals surface area contributed by atoms with Crippen molar-refractivity contribution in [1.29, 1.82) is 0 Å². The Hall–Kier alpha value is -0.760. The van der Waals surface area contributed by atoms with Gasteiger partial charge in [0.2, 0.25) is 5.91 Å². The van der Waals surface area contributed by atoms with Crippen LogP contribution in [0, 0.1) is 0 Å². The Balaban J connectivity index is 4.28. The Labute approximate surface area is 291 Å². The highest BCUT2D eigenvalue weighted by molar-refractivity contribution is 7.47. The third-order valence-electron chi connectivity index (χ3n) is 8.76. The third kappa shape index (κ3) is 33.5. The molecule has 0 aliphatic heterocycles. The number of amides is 1. The fourth-order valence-electron chi connectivity index (χ4n) is 5.57. The van der Waals surface area contributed by atoms with Gasteiger partial charge in [0.05, 0.1) is 39.9 Å². The molecular weight excluding hydrogens is 611 g/mol. The summed E-state index contributed by atoms with van der Waals surface area (Å²) in [6.45, 7) is 4.82. The number of nitrogens with zero attached hydrogens (tertiary/aromatic N) is 1. The zero-order valence-electron chi connectivity index (χ0n) is 31.5. The van der Waals surface area contributed by atoms with Crippen molar-refractivity contribution in [3.05, 3.63) is 12.2 Å². The van der Waals surface area contributed by atoms with Crippen LogP contribution in [0.15, 0.2) is 12.2 Å². The molecule has 280 valence electrons. The number of likely N-dealkylation sites (N-methyl/N-ethyl adjacent to an activating group) is 1. The number of aliphatic hydroxyl groups is 1. The number of hydrogen-bond donors (Lipinski definition) is 3. The van der Waals surface area contributed by atoms with Crippen LogP contribution in [0.5, 0.6) is 0 Å². The summed E-state index contributed by atoms with van der Waals surface area (Å²) in [4.78, 5) is 22.9. The van der Waals surface area contributed by atoms with Gasteiger partial charge < -0.3 is 19.8 Å². The smallest absolute Gasteiger partial charge is 0.391 e. The normalized spacial score (nSPS) is 14.8. The maximum absolute atomic E-state index is 12.8. The second kappa shape index (κ2) is 31.2. The molecule has 0 aromatic carbocycles. The molecule has 0 heterocycles. The highest BCUT2D eigenvalue weighted by atomic mass is 31.2. The molecule has 0 rings (SSSR count). The summed E-state index contributed by atoms with van der Waals surface area (Å²) < 4.78 is 23.4. The van der Waals surface area contributed by atoms with Gasteiger partial charge in [-0.25, -0.2) is 4.57 Å². The number of phosphoric acid groups is 1. The first kappa shape index (κ1) is 46.2. The number of hydrogen-bond acceptors (Lipinski definition) is 5. The Morgan fingerprint density at radius 1 is 0.702 bits per heavy atom. The highest BCUT2D eigenvalue weighted by Gasteiger charge is 2.28. The molecule has 0 bridgehead atoms. The van der Waals surface area contributed by atoms with Crippen LogP contribution in [0.25, 0.3) is 0 Å². The molecule has 0 aliphatic rings. The molecular formula is C38H78N2O6P+. The SMILES string of the molecule is CCCCCCCCC/C=C\CCCCCCCCCC(=O)NC(COP(=O)(O)OCC[N+](C)(C)C)C(O)CCCCCCCCC. The molecule has 0 fully saturated rings. The van der Waals surface area contributed by atoms with Gasteiger partial charge in [-0.1, -0.05) is 142 Å². The van der Waals surface area contributed by atoms with Crippen molar-refractivity contribution in [1.82, 2.24) is 5.32 Å². The Morgan fingerprint density at radius 2 is 1.15 bits per heavy atom. The van der Waals surface area contributed by atoms with E-state index in [9.17, 15) is 19.4 Å². The molecule has 47 heavy (non-hydrogen) atoms. The number of aliphatic hydroxyl groups excluding tert-OH is 1. The van der Waals surface area contributed by atoms with Gasteiger partial charge in [0.25, 0.3) is 0 Å². The molecule has 0 saturated heterocycles. The number of carbonyl (C=O) groups excluding carboxylic acids is 1. The van der Waals surface area contributed by atoms with Crippen molar-refractivity contribution in [2.45, 2.75) is 187 Å². The topological polar surface area (TPSA) is 105 Å². The van der Waals surface area contributed by atoms with E-state index in [0.717, 1.165) is 38.5 Å². The number of carbonyl (C=O) groups is 1. The minimum atomic E-state index is -4.30. The summed E-state index contributed by atoms with van der Waals surface area (Å²) >= 11 is 0. The molecule has 0 radical (unpaired) electrons. The standard InChI is InChI=1S/C38H77N2O6P/c1-6-8-10-12-14-15-16-17-18-19-20-21-22-23-24-26-28-30-32-38(42)39-36(37(41)31-29-27-25-13-11-9-7-2)35-46-47(43,44)45-34-33-40(3,4)5/h18-19,36-37,41H,6-17,20-35H2,1-5H3,(H-,39,42,43,44)/p+1/b19-18-. The average Bonchev–Trinajstić information content (AvgIpc) is 3.01. The van der Waals surface area contributed by atoms with Crippen LogP contribution in [-0.2, 0) is 18.4 Å². The molecule has 9 heteroatoms. The lowest BCUT2D eigenvalue weighted by Crippen LogP contribution is -2.46. The van der Waals surface area contributed by atoms with E-state index in [1.165, 1.54) is 109 Å². The van der Waals surface area contributed by atoms with Gasteiger partial charge in [0, 0.05) is 6.42 Å². The number of allylic oxidation sites excluding steroid dienone is 2. The first-order chi connectivity index (χ1) is 22.5. The lowest BCUT2D eigenvalue weighted by molar-refractivity contribution is -0.870. The summed E-state index contributed by atoms with van der Waals surface area (Å²) in [6, 6.07) is -0.755.